The van der Waals surface area contributed by atoms with Crippen LogP contribution in [0, 0.1) is 6.92 Å². The van der Waals surface area contributed by atoms with Gasteiger partial charge in [0.2, 0.25) is 0 Å². The van der Waals surface area contributed by atoms with Crippen LogP contribution in [0.2, 0.25) is 0 Å². The van der Waals surface area contributed by atoms with Crippen LogP contribution >= 0.6 is 0 Å². The van der Waals surface area contributed by atoms with E-state index in [-0.39, 0.29) is 0 Å². The maximum atomic E-state index is 5.26. The van der Waals surface area contributed by atoms with E-state index in [1.807, 2.05) is 19.2 Å². The van der Waals surface area contributed by atoms with Crippen LogP contribution < -0.4 is 10.1 Å². The summed E-state index contributed by atoms with van der Waals surface area (Å²) in [4.78, 5) is 8.82. The highest BCUT2D eigenvalue weighted by Crippen LogP contribution is 2.34. The van der Waals surface area contributed by atoms with Crippen molar-refractivity contribution >= 4 is 5.82 Å². The molecule has 4 heteroatoms. The summed E-state index contributed by atoms with van der Waals surface area (Å²) in [5.74, 6) is 2.09. The minimum atomic E-state index is 0.343. The van der Waals surface area contributed by atoms with Crippen molar-refractivity contribution in [2.45, 2.75) is 26.7 Å². The molecule has 1 heterocycles. The molecule has 4 nitrogen and oxygen atoms in total. The Morgan fingerprint density at radius 3 is 2.50 bits per heavy atom. The largest absolute Gasteiger partial charge is 0.497 e. The first-order chi connectivity index (χ1) is 9.58. The zero-order valence-electron chi connectivity index (χ0n) is 12.7. The fourth-order valence-electron chi connectivity index (χ4n) is 2.39. The molecule has 0 aliphatic carbocycles. The first kappa shape index (κ1) is 14.3. The number of nitrogens with one attached hydrogen (secondary N) is 1. The number of hydrogen-bond donors (Lipinski definition) is 1. The monoisotopic (exact) mass is 271 g/mol. The quantitative estimate of drug-likeness (QED) is 0.922. The smallest absolute Gasteiger partial charge is 0.133 e. The van der Waals surface area contributed by atoms with Crippen LogP contribution in [0.1, 0.15) is 30.9 Å². The molecule has 0 spiro atoms. The van der Waals surface area contributed by atoms with Gasteiger partial charge in [-0.25, -0.2) is 9.97 Å². The highest BCUT2D eigenvalue weighted by Gasteiger charge is 2.17. The van der Waals surface area contributed by atoms with Crippen molar-refractivity contribution < 1.29 is 4.74 Å². The molecular formula is C16H21N3O. The van der Waals surface area contributed by atoms with E-state index in [2.05, 4.69) is 42.1 Å². The molecule has 0 aliphatic rings. The van der Waals surface area contributed by atoms with E-state index < -0.39 is 0 Å². The molecule has 1 aromatic heterocycles. The molecule has 0 bridgehead atoms. The molecule has 0 saturated heterocycles. The summed E-state index contributed by atoms with van der Waals surface area (Å²) in [6.45, 7) is 6.38. The Morgan fingerprint density at radius 2 is 1.95 bits per heavy atom. The molecular weight excluding hydrogens is 250 g/mol. The lowest BCUT2D eigenvalue weighted by Crippen LogP contribution is -2.05. The van der Waals surface area contributed by atoms with Gasteiger partial charge in [-0.1, -0.05) is 13.8 Å². The molecule has 0 atom stereocenters. The summed E-state index contributed by atoms with van der Waals surface area (Å²) in [6, 6.07) is 6.05. The van der Waals surface area contributed by atoms with Gasteiger partial charge in [-0.15, -0.1) is 0 Å². The van der Waals surface area contributed by atoms with E-state index in [1.165, 1.54) is 0 Å². The molecule has 0 aliphatic heterocycles. The predicted octanol–water partition coefficient (Wildman–Crippen LogP) is 3.63. The van der Waals surface area contributed by atoms with E-state index in [0.717, 1.165) is 34.0 Å². The summed E-state index contributed by atoms with van der Waals surface area (Å²) < 4.78 is 5.26. The number of nitrogens with zero attached hydrogens (tertiary/aromatic N) is 2. The van der Waals surface area contributed by atoms with E-state index in [1.54, 1.807) is 13.4 Å². The van der Waals surface area contributed by atoms with Gasteiger partial charge in [0, 0.05) is 18.2 Å². The van der Waals surface area contributed by atoms with Gasteiger partial charge in [0.25, 0.3) is 0 Å². The van der Waals surface area contributed by atoms with Gasteiger partial charge < -0.3 is 10.1 Å². The van der Waals surface area contributed by atoms with E-state index >= 15 is 0 Å². The van der Waals surface area contributed by atoms with Gasteiger partial charge in [0.1, 0.15) is 17.9 Å². The molecule has 106 valence electrons. The van der Waals surface area contributed by atoms with E-state index in [9.17, 15) is 0 Å². The van der Waals surface area contributed by atoms with Gasteiger partial charge in [0.15, 0.2) is 0 Å². The topological polar surface area (TPSA) is 47.0 Å². The van der Waals surface area contributed by atoms with E-state index in [4.69, 9.17) is 4.74 Å². The molecule has 20 heavy (non-hydrogen) atoms. The van der Waals surface area contributed by atoms with Crippen LogP contribution in [-0.2, 0) is 0 Å². The fraction of sp³-hybridized carbons (Fsp3) is 0.375. The number of rotatable bonds is 4. The summed E-state index contributed by atoms with van der Waals surface area (Å²) in [5, 5.41) is 3.15. The van der Waals surface area contributed by atoms with Crippen molar-refractivity contribution in [1.29, 1.82) is 0 Å². The number of hydrogen-bond acceptors (Lipinski definition) is 4. The summed E-state index contributed by atoms with van der Waals surface area (Å²) in [7, 11) is 3.57. The van der Waals surface area contributed by atoms with Crippen molar-refractivity contribution in [3.8, 4) is 17.0 Å². The summed E-state index contributed by atoms with van der Waals surface area (Å²) >= 11 is 0. The Balaban J connectivity index is 2.63. The second kappa shape index (κ2) is 5.90. The third kappa shape index (κ3) is 2.59. The maximum absolute atomic E-state index is 5.26. The van der Waals surface area contributed by atoms with Gasteiger partial charge in [-0.3, -0.25) is 0 Å². The molecule has 0 unspecified atom stereocenters. The Hall–Kier alpha value is -2.10. The van der Waals surface area contributed by atoms with Crippen molar-refractivity contribution in [2.75, 3.05) is 19.5 Å². The molecule has 1 aromatic carbocycles. The zero-order chi connectivity index (χ0) is 14.7. The second-order valence-electron chi connectivity index (χ2n) is 5.07. The number of ether oxygens (including phenoxy) is 1. The first-order valence-corrected chi connectivity index (χ1v) is 6.76. The van der Waals surface area contributed by atoms with Crippen LogP contribution in [-0.4, -0.2) is 24.1 Å². The van der Waals surface area contributed by atoms with Crippen LogP contribution in [0.15, 0.2) is 24.5 Å². The molecule has 0 saturated carbocycles. The number of methoxy groups -OCH3 is 1. The third-order valence-corrected chi connectivity index (χ3v) is 3.39. The average molecular weight is 271 g/mol. The zero-order valence-corrected chi connectivity index (χ0v) is 12.7. The maximum Gasteiger partial charge on any atom is 0.133 e. The lowest BCUT2D eigenvalue weighted by Gasteiger charge is -2.17. The Labute approximate surface area is 120 Å². The lowest BCUT2D eigenvalue weighted by molar-refractivity contribution is 0.414. The Morgan fingerprint density at radius 1 is 1.20 bits per heavy atom. The first-order valence-electron chi connectivity index (χ1n) is 6.76. The Bertz CT molecular complexity index is 609. The van der Waals surface area contributed by atoms with Crippen LogP contribution in [0.25, 0.3) is 11.3 Å². The highest BCUT2D eigenvalue weighted by atomic mass is 16.5. The van der Waals surface area contributed by atoms with Gasteiger partial charge in [0.05, 0.1) is 12.8 Å². The second-order valence-corrected chi connectivity index (χ2v) is 5.07. The van der Waals surface area contributed by atoms with Crippen molar-refractivity contribution in [3.05, 3.63) is 35.7 Å². The normalized spacial score (nSPS) is 10.7. The highest BCUT2D eigenvalue weighted by molar-refractivity contribution is 5.72. The van der Waals surface area contributed by atoms with Crippen molar-refractivity contribution in [1.82, 2.24) is 9.97 Å². The third-order valence-electron chi connectivity index (χ3n) is 3.39. The number of anilines is 1. The molecule has 0 radical (unpaired) electrons. The van der Waals surface area contributed by atoms with Crippen molar-refractivity contribution in [2.24, 2.45) is 0 Å². The molecule has 2 rings (SSSR count). The summed E-state index contributed by atoms with van der Waals surface area (Å²) in [5.41, 5.74) is 4.39. The average Bonchev–Trinajstić information content (AvgIpc) is 2.46. The minimum absolute atomic E-state index is 0.343. The van der Waals surface area contributed by atoms with Crippen LogP contribution in [0.4, 0.5) is 5.82 Å². The number of aromatic nitrogens is 2. The number of benzene rings is 1. The minimum Gasteiger partial charge on any atom is -0.497 e. The van der Waals surface area contributed by atoms with Gasteiger partial charge in [-0.05, 0) is 36.6 Å². The molecule has 0 fully saturated rings. The molecule has 2 aromatic rings. The number of aryl methyl sites for hydroxylation is 1. The SMILES string of the molecule is CNc1ncnc(-c2ccc(OC)cc2C)c1C(C)C. The van der Waals surface area contributed by atoms with Crippen LogP contribution in [0.5, 0.6) is 5.75 Å². The summed E-state index contributed by atoms with van der Waals surface area (Å²) in [6.07, 6.45) is 1.61. The standard InChI is InChI=1S/C16H21N3O/c1-10(2)14-15(18-9-19-16(14)17-4)13-7-6-12(20-5)8-11(13)3/h6-10H,1-5H3,(H,17,18,19). The fourth-order valence-corrected chi connectivity index (χ4v) is 2.39. The van der Waals surface area contributed by atoms with Gasteiger partial charge in [-0.2, -0.15) is 0 Å². The van der Waals surface area contributed by atoms with Gasteiger partial charge >= 0.3 is 0 Å². The molecule has 1 N–H and O–H groups in total. The Kier molecular flexibility index (Phi) is 4.23. The molecule has 0 amide bonds. The van der Waals surface area contributed by atoms with Crippen LogP contribution in [0.3, 0.4) is 0 Å². The predicted molar refractivity (Wildman–Crippen MR) is 82.4 cm³/mol. The lowest BCUT2D eigenvalue weighted by atomic mass is 9.95. The van der Waals surface area contributed by atoms with Crippen molar-refractivity contribution in [3.63, 3.8) is 0 Å². The van der Waals surface area contributed by atoms with E-state index in [0.29, 0.717) is 5.92 Å².